The monoisotopic (exact) mass is 274 g/mol. The van der Waals surface area contributed by atoms with Crippen molar-refractivity contribution in [2.45, 2.75) is 19.8 Å². The van der Waals surface area contributed by atoms with Crippen LogP contribution in [-0.2, 0) is 7.05 Å². The van der Waals surface area contributed by atoms with Crippen molar-refractivity contribution in [3.63, 3.8) is 0 Å². The van der Waals surface area contributed by atoms with E-state index in [2.05, 4.69) is 18.9 Å². The van der Waals surface area contributed by atoms with E-state index in [0.717, 1.165) is 16.8 Å². The van der Waals surface area contributed by atoms with Crippen molar-refractivity contribution in [2.24, 2.45) is 7.05 Å². The molecule has 1 N–H and O–H groups in total. The molecule has 0 aliphatic rings. The van der Waals surface area contributed by atoms with Crippen molar-refractivity contribution in [3.8, 4) is 16.9 Å². The second-order valence-corrected chi connectivity index (χ2v) is 4.98. The molecule has 0 atom stereocenters. The third-order valence-corrected chi connectivity index (χ3v) is 3.14. The minimum Gasteiger partial charge on any atom is -0.496 e. The number of benzene rings is 1. The van der Waals surface area contributed by atoms with Crippen molar-refractivity contribution < 1.29 is 14.6 Å². The minimum atomic E-state index is -0.955. The number of carboxylic acid groups (broad SMARTS) is 1. The zero-order valence-corrected chi connectivity index (χ0v) is 12.0. The summed E-state index contributed by atoms with van der Waals surface area (Å²) in [5, 5.41) is 13.6. The second kappa shape index (κ2) is 5.36. The summed E-state index contributed by atoms with van der Waals surface area (Å²) < 4.78 is 7.08. The molecule has 20 heavy (non-hydrogen) atoms. The molecule has 0 unspecified atom stereocenters. The van der Waals surface area contributed by atoms with Gasteiger partial charge in [0.2, 0.25) is 0 Å². The third-order valence-electron chi connectivity index (χ3n) is 3.14. The van der Waals surface area contributed by atoms with Crippen LogP contribution in [0.3, 0.4) is 0 Å². The fourth-order valence-electron chi connectivity index (χ4n) is 2.19. The number of hydrogen-bond donors (Lipinski definition) is 1. The number of nitrogens with zero attached hydrogens (tertiary/aromatic N) is 2. The van der Waals surface area contributed by atoms with Crippen molar-refractivity contribution in [3.05, 3.63) is 35.7 Å². The average Bonchev–Trinajstić information content (AvgIpc) is 2.80. The molecule has 0 radical (unpaired) electrons. The fraction of sp³-hybridized carbons (Fsp3) is 0.333. The van der Waals surface area contributed by atoms with Crippen LogP contribution >= 0.6 is 0 Å². The smallest absolute Gasteiger partial charge is 0.335 e. The number of aromatic carboxylic acids is 1. The van der Waals surface area contributed by atoms with Gasteiger partial charge in [-0.25, -0.2) is 4.79 Å². The Kier molecular flexibility index (Phi) is 3.79. The van der Waals surface area contributed by atoms with Gasteiger partial charge in [-0.3, -0.25) is 4.68 Å². The lowest BCUT2D eigenvalue weighted by molar-refractivity contribution is 0.0697. The van der Waals surface area contributed by atoms with Gasteiger partial charge >= 0.3 is 5.97 Å². The maximum Gasteiger partial charge on any atom is 0.335 e. The highest BCUT2D eigenvalue weighted by Gasteiger charge is 2.18. The van der Waals surface area contributed by atoms with Gasteiger partial charge in [0.15, 0.2) is 0 Å². The lowest BCUT2D eigenvalue weighted by Crippen LogP contribution is -1.99. The summed E-state index contributed by atoms with van der Waals surface area (Å²) in [5.74, 6) is -0.0711. The number of carboxylic acids is 1. The van der Waals surface area contributed by atoms with Crippen LogP contribution in [0.2, 0.25) is 0 Å². The largest absolute Gasteiger partial charge is 0.496 e. The molecule has 1 heterocycles. The predicted octanol–water partition coefficient (Wildman–Crippen LogP) is 2.92. The van der Waals surface area contributed by atoms with E-state index in [4.69, 9.17) is 9.84 Å². The van der Waals surface area contributed by atoms with Gasteiger partial charge in [0.1, 0.15) is 5.75 Å². The standard InChI is InChI=1S/C15H18N2O3/c1-9(2)14-12(8-17(3)16-14)11-7-10(15(18)19)5-6-13(11)20-4/h5-9H,1-4H3,(H,18,19). The maximum absolute atomic E-state index is 11.1. The molecule has 0 aliphatic carbocycles. The lowest BCUT2D eigenvalue weighted by Gasteiger charge is -2.11. The van der Waals surface area contributed by atoms with Gasteiger partial charge in [-0.1, -0.05) is 13.8 Å². The van der Waals surface area contributed by atoms with E-state index in [9.17, 15) is 4.79 Å². The van der Waals surface area contributed by atoms with Crippen LogP contribution in [0.4, 0.5) is 0 Å². The number of aromatic nitrogens is 2. The van der Waals surface area contributed by atoms with Crippen LogP contribution in [-0.4, -0.2) is 28.0 Å². The maximum atomic E-state index is 11.1. The van der Waals surface area contributed by atoms with E-state index in [1.807, 2.05) is 13.2 Å². The van der Waals surface area contributed by atoms with Crippen LogP contribution in [0.5, 0.6) is 5.75 Å². The molecule has 1 aromatic carbocycles. The number of methoxy groups -OCH3 is 1. The Hall–Kier alpha value is -2.30. The molecule has 1 aromatic heterocycles. The van der Waals surface area contributed by atoms with Crippen LogP contribution in [0.25, 0.3) is 11.1 Å². The number of carbonyl (C=O) groups is 1. The number of aryl methyl sites for hydroxylation is 1. The molecule has 2 aromatic rings. The molecule has 0 fully saturated rings. The summed E-state index contributed by atoms with van der Waals surface area (Å²) in [5.41, 5.74) is 2.82. The normalized spacial score (nSPS) is 10.8. The first-order valence-corrected chi connectivity index (χ1v) is 6.39. The molecule has 0 saturated heterocycles. The molecule has 0 spiro atoms. The summed E-state index contributed by atoms with van der Waals surface area (Å²) in [7, 11) is 3.42. The second-order valence-electron chi connectivity index (χ2n) is 4.98. The van der Waals surface area contributed by atoms with Crippen LogP contribution in [0.15, 0.2) is 24.4 Å². The van der Waals surface area contributed by atoms with Crippen molar-refractivity contribution >= 4 is 5.97 Å². The summed E-state index contributed by atoms with van der Waals surface area (Å²) >= 11 is 0. The van der Waals surface area contributed by atoms with Gasteiger partial charge < -0.3 is 9.84 Å². The Morgan fingerprint density at radius 1 is 1.35 bits per heavy atom. The summed E-state index contributed by atoms with van der Waals surface area (Å²) in [6, 6.07) is 4.84. The molecule has 5 nitrogen and oxygen atoms in total. The SMILES string of the molecule is COc1ccc(C(=O)O)cc1-c1cn(C)nc1C(C)C. The molecule has 0 aliphatic heterocycles. The van der Waals surface area contributed by atoms with Crippen molar-refractivity contribution in [1.29, 1.82) is 0 Å². The first-order valence-electron chi connectivity index (χ1n) is 6.39. The molecule has 0 bridgehead atoms. The van der Waals surface area contributed by atoms with E-state index in [1.54, 1.807) is 23.9 Å². The molecule has 0 amide bonds. The summed E-state index contributed by atoms with van der Waals surface area (Å²) in [4.78, 5) is 11.1. The number of ether oxygens (including phenoxy) is 1. The Morgan fingerprint density at radius 3 is 2.60 bits per heavy atom. The molecule has 5 heteroatoms. The number of rotatable bonds is 4. The van der Waals surface area contributed by atoms with Crippen molar-refractivity contribution in [2.75, 3.05) is 7.11 Å². The van der Waals surface area contributed by atoms with Gasteiger partial charge in [0.05, 0.1) is 18.4 Å². The van der Waals surface area contributed by atoms with Gasteiger partial charge in [-0.2, -0.15) is 5.10 Å². The highest BCUT2D eigenvalue weighted by atomic mass is 16.5. The van der Waals surface area contributed by atoms with E-state index >= 15 is 0 Å². The Morgan fingerprint density at radius 2 is 2.05 bits per heavy atom. The van der Waals surface area contributed by atoms with Gasteiger partial charge in [0, 0.05) is 24.4 Å². The van der Waals surface area contributed by atoms with Crippen LogP contribution in [0, 0.1) is 0 Å². The first-order chi connectivity index (χ1) is 9.43. The lowest BCUT2D eigenvalue weighted by atomic mass is 9.98. The molecular weight excluding hydrogens is 256 g/mol. The molecule has 0 saturated carbocycles. The molecule has 2 rings (SSSR count). The molecular formula is C15H18N2O3. The van der Waals surface area contributed by atoms with E-state index in [-0.39, 0.29) is 11.5 Å². The highest BCUT2D eigenvalue weighted by Crippen LogP contribution is 2.35. The van der Waals surface area contributed by atoms with E-state index < -0.39 is 5.97 Å². The molecule has 106 valence electrons. The Labute approximate surface area is 117 Å². The number of hydrogen-bond acceptors (Lipinski definition) is 3. The predicted molar refractivity (Wildman–Crippen MR) is 76.2 cm³/mol. The van der Waals surface area contributed by atoms with E-state index in [0.29, 0.717) is 5.75 Å². The topological polar surface area (TPSA) is 64.3 Å². The van der Waals surface area contributed by atoms with Crippen LogP contribution in [0.1, 0.15) is 35.8 Å². The summed E-state index contributed by atoms with van der Waals surface area (Å²) in [6.45, 7) is 4.11. The minimum absolute atomic E-state index is 0.236. The van der Waals surface area contributed by atoms with Gasteiger partial charge in [0.25, 0.3) is 0 Å². The van der Waals surface area contributed by atoms with Gasteiger partial charge in [-0.15, -0.1) is 0 Å². The zero-order chi connectivity index (χ0) is 14.9. The van der Waals surface area contributed by atoms with Crippen LogP contribution < -0.4 is 4.74 Å². The fourth-order valence-corrected chi connectivity index (χ4v) is 2.19. The first kappa shape index (κ1) is 14.1. The van der Waals surface area contributed by atoms with Gasteiger partial charge in [-0.05, 0) is 24.1 Å². The van der Waals surface area contributed by atoms with E-state index in [1.165, 1.54) is 6.07 Å². The Balaban J connectivity index is 2.67. The summed E-state index contributed by atoms with van der Waals surface area (Å²) in [6.07, 6.45) is 1.89. The highest BCUT2D eigenvalue weighted by molar-refractivity contribution is 5.90. The quantitative estimate of drug-likeness (QED) is 0.931. The van der Waals surface area contributed by atoms with Crippen molar-refractivity contribution in [1.82, 2.24) is 9.78 Å². The zero-order valence-electron chi connectivity index (χ0n) is 12.0. The Bertz CT molecular complexity index is 645. The average molecular weight is 274 g/mol. The third kappa shape index (κ3) is 2.52.